The number of halogens is 1. The van der Waals surface area contributed by atoms with Crippen molar-refractivity contribution in [1.29, 1.82) is 0 Å². The number of aliphatic hydroxyl groups excluding tert-OH is 1. The van der Waals surface area contributed by atoms with Gasteiger partial charge in [0.15, 0.2) is 0 Å². The molecule has 0 saturated heterocycles. The molecule has 0 aliphatic heterocycles. The highest BCUT2D eigenvalue weighted by atomic mass is 79.9. The Labute approximate surface area is 105 Å². The zero-order valence-electron chi connectivity index (χ0n) is 9.32. The zero-order valence-corrected chi connectivity index (χ0v) is 10.9. The molecule has 1 saturated carbocycles. The monoisotopic (exact) mass is 286 g/mol. The summed E-state index contributed by atoms with van der Waals surface area (Å²) in [6.45, 7) is 0. The second kappa shape index (κ2) is 6.76. The van der Waals surface area contributed by atoms with Gasteiger partial charge in [0.25, 0.3) is 0 Å². The SMILES string of the molecule is Nc1ccc(Br)cc1N.OC1CCCCC1. The molecule has 4 heteroatoms. The highest BCUT2D eigenvalue weighted by Gasteiger charge is 2.07. The average Bonchev–Trinajstić information content (AvgIpc) is 2.26. The maximum Gasteiger partial charge on any atom is 0.0559 e. The number of nitrogen functional groups attached to an aromatic ring is 2. The first-order chi connectivity index (χ1) is 7.59. The van der Waals surface area contributed by atoms with Crippen molar-refractivity contribution >= 4 is 27.3 Å². The van der Waals surface area contributed by atoms with E-state index in [1.807, 2.05) is 6.07 Å². The first kappa shape index (κ1) is 13.3. The molecule has 1 fully saturated rings. The van der Waals surface area contributed by atoms with Crippen LogP contribution in [0.2, 0.25) is 0 Å². The molecule has 0 unspecified atom stereocenters. The Balaban J connectivity index is 0.000000165. The van der Waals surface area contributed by atoms with Crippen LogP contribution in [0.25, 0.3) is 0 Å². The van der Waals surface area contributed by atoms with E-state index in [1.54, 1.807) is 12.1 Å². The van der Waals surface area contributed by atoms with Crippen LogP contribution >= 0.6 is 15.9 Å². The van der Waals surface area contributed by atoms with E-state index < -0.39 is 0 Å². The van der Waals surface area contributed by atoms with Crippen molar-refractivity contribution in [3.8, 4) is 0 Å². The predicted molar refractivity (Wildman–Crippen MR) is 72.1 cm³/mol. The van der Waals surface area contributed by atoms with E-state index in [1.165, 1.54) is 19.3 Å². The van der Waals surface area contributed by atoms with Gasteiger partial charge in [0.1, 0.15) is 0 Å². The summed E-state index contributed by atoms with van der Waals surface area (Å²) in [4.78, 5) is 0. The minimum absolute atomic E-state index is 0.0359. The fraction of sp³-hybridized carbons (Fsp3) is 0.500. The Kier molecular flexibility index (Phi) is 5.63. The molecule has 0 spiro atoms. The second-order valence-electron chi connectivity index (χ2n) is 4.07. The summed E-state index contributed by atoms with van der Waals surface area (Å²) in [5, 5.41) is 8.91. The quantitative estimate of drug-likeness (QED) is 0.642. The third-order valence-electron chi connectivity index (χ3n) is 2.62. The molecule has 1 aliphatic rings. The fourth-order valence-corrected chi connectivity index (χ4v) is 2.01. The van der Waals surface area contributed by atoms with E-state index in [2.05, 4.69) is 15.9 Å². The van der Waals surface area contributed by atoms with E-state index in [4.69, 9.17) is 16.6 Å². The molecule has 90 valence electrons. The number of hydrogen-bond acceptors (Lipinski definition) is 3. The van der Waals surface area contributed by atoms with Gasteiger partial charge in [-0.05, 0) is 31.0 Å². The zero-order chi connectivity index (χ0) is 12.0. The summed E-state index contributed by atoms with van der Waals surface area (Å²) in [5.41, 5.74) is 12.1. The Morgan fingerprint density at radius 3 is 2.06 bits per heavy atom. The van der Waals surface area contributed by atoms with E-state index in [0.717, 1.165) is 17.3 Å². The number of hydrogen-bond donors (Lipinski definition) is 3. The molecule has 0 radical (unpaired) electrons. The molecule has 0 heterocycles. The van der Waals surface area contributed by atoms with Crippen LogP contribution in [-0.4, -0.2) is 11.2 Å². The van der Waals surface area contributed by atoms with Crippen molar-refractivity contribution in [2.75, 3.05) is 11.5 Å². The smallest absolute Gasteiger partial charge is 0.0559 e. The van der Waals surface area contributed by atoms with Crippen LogP contribution in [0.15, 0.2) is 22.7 Å². The number of nitrogens with two attached hydrogens (primary N) is 2. The molecule has 1 aromatic carbocycles. The predicted octanol–water partition coefficient (Wildman–Crippen LogP) is 2.92. The lowest BCUT2D eigenvalue weighted by molar-refractivity contribution is 0.130. The summed E-state index contributed by atoms with van der Waals surface area (Å²) in [6.07, 6.45) is 5.92. The normalized spacial score (nSPS) is 16.4. The summed E-state index contributed by atoms with van der Waals surface area (Å²) < 4.78 is 0.953. The lowest BCUT2D eigenvalue weighted by Gasteiger charge is -2.14. The highest BCUT2D eigenvalue weighted by Crippen LogP contribution is 2.19. The lowest BCUT2D eigenvalue weighted by Crippen LogP contribution is -2.09. The minimum Gasteiger partial charge on any atom is -0.397 e. The van der Waals surface area contributed by atoms with Crippen molar-refractivity contribution in [2.45, 2.75) is 38.2 Å². The molecule has 16 heavy (non-hydrogen) atoms. The number of anilines is 2. The van der Waals surface area contributed by atoms with Crippen LogP contribution in [0.5, 0.6) is 0 Å². The largest absolute Gasteiger partial charge is 0.397 e. The fourth-order valence-electron chi connectivity index (χ4n) is 1.63. The van der Waals surface area contributed by atoms with Gasteiger partial charge in [-0.25, -0.2) is 0 Å². The highest BCUT2D eigenvalue weighted by molar-refractivity contribution is 9.10. The van der Waals surface area contributed by atoms with Gasteiger partial charge in [-0.3, -0.25) is 0 Å². The Hall–Kier alpha value is -0.740. The minimum atomic E-state index is 0.0359. The van der Waals surface area contributed by atoms with E-state index in [9.17, 15) is 0 Å². The first-order valence-electron chi connectivity index (χ1n) is 5.58. The van der Waals surface area contributed by atoms with Gasteiger partial charge in [-0.2, -0.15) is 0 Å². The Morgan fingerprint density at radius 2 is 1.69 bits per heavy atom. The molecule has 2 rings (SSSR count). The molecular formula is C12H19BrN2O. The third kappa shape index (κ3) is 4.86. The number of benzene rings is 1. The summed E-state index contributed by atoms with van der Waals surface area (Å²) in [6, 6.07) is 5.39. The molecule has 0 amide bonds. The molecule has 0 aromatic heterocycles. The third-order valence-corrected chi connectivity index (χ3v) is 3.12. The molecular weight excluding hydrogens is 268 g/mol. The van der Waals surface area contributed by atoms with Crippen LogP contribution in [-0.2, 0) is 0 Å². The van der Waals surface area contributed by atoms with Crippen molar-refractivity contribution in [3.05, 3.63) is 22.7 Å². The van der Waals surface area contributed by atoms with E-state index >= 15 is 0 Å². The molecule has 3 nitrogen and oxygen atoms in total. The lowest BCUT2D eigenvalue weighted by atomic mass is 9.98. The van der Waals surface area contributed by atoms with Crippen LogP contribution in [0.3, 0.4) is 0 Å². The average molecular weight is 287 g/mol. The van der Waals surface area contributed by atoms with Crippen LogP contribution in [0.1, 0.15) is 32.1 Å². The van der Waals surface area contributed by atoms with Gasteiger partial charge in [0, 0.05) is 4.47 Å². The summed E-state index contributed by atoms with van der Waals surface area (Å²) in [5.74, 6) is 0. The van der Waals surface area contributed by atoms with Crippen molar-refractivity contribution < 1.29 is 5.11 Å². The Morgan fingerprint density at radius 1 is 1.06 bits per heavy atom. The van der Waals surface area contributed by atoms with Gasteiger partial charge in [0.05, 0.1) is 17.5 Å². The van der Waals surface area contributed by atoms with Gasteiger partial charge in [-0.15, -0.1) is 0 Å². The molecule has 5 N–H and O–H groups in total. The van der Waals surface area contributed by atoms with E-state index in [0.29, 0.717) is 11.4 Å². The number of aliphatic hydroxyl groups is 1. The standard InChI is InChI=1S/C6H7BrN2.C6H12O/c7-4-1-2-5(8)6(9)3-4;7-6-4-2-1-3-5-6/h1-3H,8-9H2;6-7H,1-5H2. The van der Waals surface area contributed by atoms with E-state index in [-0.39, 0.29) is 6.10 Å². The maximum absolute atomic E-state index is 8.91. The second-order valence-corrected chi connectivity index (χ2v) is 4.98. The maximum atomic E-state index is 8.91. The summed E-state index contributed by atoms with van der Waals surface area (Å²) >= 11 is 3.26. The Bertz CT molecular complexity index is 325. The molecule has 1 aromatic rings. The number of rotatable bonds is 0. The van der Waals surface area contributed by atoms with Gasteiger partial charge < -0.3 is 16.6 Å². The van der Waals surface area contributed by atoms with Gasteiger partial charge >= 0.3 is 0 Å². The molecule has 0 bridgehead atoms. The van der Waals surface area contributed by atoms with Crippen LogP contribution in [0, 0.1) is 0 Å². The van der Waals surface area contributed by atoms with Gasteiger partial charge in [-0.1, -0.05) is 35.2 Å². The topological polar surface area (TPSA) is 72.3 Å². The van der Waals surface area contributed by atoms with Crippen molar-refractivity contribution in [3.63, 3.8) is 0 Å². The van der Waals surface area contributed by atoms with Crippen LogP contribution < -0.4 is 11.5 Å². The van der Waals surface area contributed by atoms with Crippen molar-refractivity contribution in [1.82, 2.24) is 0 Å². The van der Waals surface area contributed by atoms with Gasteiger partial charge in [0.2, 0.25) is 0 Å². The van der Waals surface area contributed by atoms with Crippen molar-refractivity contribution in [2.24, 2.45) is 0 Å². The van der Waals surface area contributed by atoms with Crippen LogP contribution in [0.4, 0.5) is 11.4 Å². The molecule has 0 atom stereocenters. The summed E-state index contributed by atoms with van der Waals surface area (Å²) in [7, 11) is 0. The first-order valence-corrected chi connectivity index (χ1v) is 6.37. The molecule has 1 aliphatic carbocycles.